The van der Waals surface area contributed by atoms with E-state index >= 15 is 0 Å². The Labute approximate surface area is 117 Å². The summed E-state index contributed by atoms with van der Waals surface area (Å²) in [6.45, 7) is 0.256. The van der Waals surface area contributed by atoms with Crippen molar-refractivity contribution in [3.05, 3.63) is 23.5 Å². The molecule has 0 atom stereocenters. The number of nitrogens with zero attached hydrogens (tertiary/aromatic N) is 1. The van der Waals surface area contributed by atoms with E-state index in [1.807, 2.05) is 0 Å². The minimum absolute atomic E-state index is 0.245. The molecule has 0 spiro atoms. The number of halogens is 4. The number of hydrogen-bond donors (Lipinski definition) is 2. The molecule has 1 aromatic heterocycles. The van der Waals surface area contributed by atoms with E-state index in [4.69, 9.17) is 10.5 Å². The zero-order valence-corrected chi connectivity index (χ0v) is 10.9. The van der Waals surface area contributed by atoms with E-state index in [2.05, 4.69) is 10.3 Å². The van der Waals surface area contributed by atoms with Gasteiger partial charge in [-0.3, -0.25) is 4.79 Å². The lowest BCUT2D eigenvalue weighted by atomic mass is 9.79. The normalized spacial score (nSPS) is 17.5. The molecule has 21 heavy (non-hydrogen) atoms. The van der Waals surface area contributed by atoms with Gasteiger partial charge in [0.1, 0.15) is 5.69 Å². The Morgan fingerprint density at radius 3 is 2.19 bits per heavy atom. The lowest BCUT2D eigenvalue weighted by molar-refractivity contribution is -0.132. The van der Waals surface area contributed by atoms with Gasteiger partial charge in [0.25, 0.3) is 11.9 Å². The van der Waals surface area contributed by atoms with Crippen LogP contribution in [0, 0.1) is 28.9 Å². The number of aromatic nitrogens is 1. The molecule has 2 heterocycles. The average Bonchev–Trinajstić information content (AvgIpc) is 2.46. The van der Waals surface area contributed by atoms with E-state index in [9.17, 15) is 22.4 Å². The highest BCUT2D eigenvalue weighted by Gasteiger charge is 2.39. The minimum Gasteiger partial charge on any atom is -0.381 e. The summed E-state index contributed by atoms with van der Waals surface area (Å²) in [5, 5.41) is 2.23. The van der Waals surface area contributed by atoms with Crippen LogP contribution >= 0.6 is 0 Å². The molecule has 0 saturated carbocycles. The molecule has 2 rings (SSSR count). The maximum Gasteiger partial charge on any atom is 0.253 e. The molecular weight excluding hydrogens is 294 g/mol. The molecular formula is C12H13F4N3O2. The first-order valence-corrected chi connectivity index (χ1v) is 6.19. The molecule has 1 aromatic rings. The Hall–Kier alpha value is -1.90. The van der Waals surface area contributed by atoms with Crippen LogP contribution in [-0.4, -0.2) is 30.6 Å². The van der Waals surface area contributed by atoms with Crippen LogP contribution in [0.1, 0.15) is 12.8 Å². The molecule has 9 heteroatoms. The van der Waals surface area contributed by atoms with Gasteiger partial charge in [0.15, 0.2) is 0 Å². The number of ether oxygens (including phenoxy) is 1. The average molecular weight is 307 g/mol. The van der Waals surface area contributed by atoms with Crippen molar-refractivity contribution in [1.29, 1.82) is 0 Å². The fourth-order valence-electron chi connectivity index (χ4n) is 2.17. The van der Waals surface area contributed by atoms with Gasteiger partial charge in [0, 0.05) is 19.8 Å². The largest absolute Gasteiger partial charge is 0.381 e. The number of carbonyl (C=O) groups is 1. The molecule has 0 bridgehead atoms. The summed E-state index contributed by atoms with van der Waals surface area (Å²) in [7, 11) is 0. The zero-order chi connectivity index (χ0) is 15.6. The first-order chi connectivity index (χ1) is 9.87. The van der Waals surface area contributed by atoms with Gasteiger partial charge in [-0.2, -0.15) is 22.5 Å². The van der Waals surface area contributed by atoms with E-state index in [1.165, 1.54) is 0 Å². The van der Waals surface area contributed by atoms with E-state index in [1.54, 1.807) is 0 Å². The van der Waals surface area contributed by atoms with Gasteiger partial charge in [0.2, 0.25) is 17.5 Å². The van der Waals surface area contributed by atoms with Gasteiger partial charge in [-0.05, 0) is 12.8 Å². The third kappa shape index (κ3) is 2.92. The Morgan fingerprint density at radius 2 is 1.71 bits per heavy atom. The number of hydrogen-bond acceptors (Lipinski definition) is 4. The number of rotatable bonds is 4. The van der Waals surface area contributed by atoms with Crippen LogP contribution in [-0.2, 0) is 9.53 Å². The van der Waals surface area contributed by atoms with Crippen LogP contribution in [0.3, 0.4) is 0 Å². The van der Waals surface area contributed by atoms with Crippen LogP contribution < -0.4 is 11.1 Å². The summed E-state index contributed by atoms with van der Waals surface area (Å²) < 4.78 is 58.0. The summed E-state index contributed by atoms with van der Waals surface area (Å²) in [6, 6.07) is 0. The van der Waals surface area contributed by atoms with Crippen molar-refractivity contribution in [2.24, 2.45) is 11.1 Å². The zero-order valence-electron chi connectivity index (χ0n) is 10.9. The minimum atomic E-state index is -1.77. The topological polar surface area (TPSA) is 77.2 Å². The van der Waals surface area contributed by atoms with Crippen LogP contribution in [0.4, 0.5) is 23.2 Å². The lowest BCUT2D eigenvalue weighted by Crippen LogP contribution is -2.46. The molecule has 0 aromatic carbocycles. The summed E-state index contributed by atoms with van der Waals surface area (Å²) in [5.74, 6) is -7.51. The van der Waals surface area contributed by atoms with Crippen molar-refractivity contribution in [3.8, 4) is 0 Å². The number of anilines is 1. The smallest absolute Gasteiger partial charge is 0.253 e. The van der Waals surface area contributed by atoms with Crippen molar-refractivity contribution in [2.75, 3.05) is 25.1 Å². The van der Waals surface area contributed by atoms with Crippen LogP contribution in [0.5, 0.6) is 0 Å². The lowest BCUT2D eigenvalue weighted by Gasteiger charge is -2.34. The monoisotopic (exact) mass is 307 g/mol. The molecule has 1 saturated heterocycles. The quantitative estimate of drug-likeness (QED) is 0.650. The van der Waals surface area contributed by atoms with Crippen molar-refractivity contribution < 1.29 is 27.1 Å². The second-order valence-electron chi connectivity index (χ2n) is 4.81. The highest BCUT2D eigenvalue weighted by Crippen LogP contribution is 2.32. The highest BCUT2D eigenvalue weighted by atomic mass is 19.2. The van der Waals surface area contributed by atoms with E-state index in [-0.39, 0.29) is 32.6 Å². The Kier molecular flexibility index (Phi) is 4.31. The number of nitrogens with one attached hydrogen (secondary N) is 1. The predicted molar refractivity (Wildman–Crippen MR) is 64.2 cm³/mol. The summed E-state index contributed by atoms with van der Waals surface area (Å²) in [6.07, 6.45) is 0.489. The van der Waals surface area contributed by atoms with Gasteiger partial charge in [-0.1, -0.05) is 0 Å². The van der Waals surface area contributed by atoms with Crippen molar-refractivity contribution in [3.63, 3.8) is 0 Å². The van der Waals surface area contributed by atoms with E-state index in [0.717, 1.165) is 0 Å². The first kappa shape index (κ1) is 15.5. The molecule has 5 nitrogen and oxygen atoms in total. The van der Waals surface area contributed by atoms with Crippen LogP contribution in [0.15, 0.2) is 0 Å². The van der Waals surface area contributed by atoms with Crippen LogP contribution in [0.2, 0.25) is 0 Å². The second-order valence-corrected chi connectivity index (χ2v) is 4.81. The van der Waals surface area contributed by atoms with Gasteiger partial charge in [-0.15, -0.1) is 0 Å². The standard InChI is InChI=1S/C12H13F4N3O2/c13-6-8(7(14)10(16)19-9(6)15)18-5-12(11(17)20)1-3-21-4-2-12/h1-5H2,(H2,17,20)(H,18,19). The van der Waals surface area contributed by atoms with Gasteiger partial charge in [0.05, 0.1) is 5.41 Å². The summed E-state index contributed by atoms with van der Waals surface area (Å²) in [5.41, 5.74) is 3.22. The van der Waals surface area contributed by atoms with Crippen molar-refractivity contribution >= 4 is 11.6 Å². The maximum absolute atomic E-state index is 13.5. The van der Waals surface area contributed by atoms with Gasteiger partial charge >= 0.3 is 0 Å². The fourth-order valence-corrected chi connectivity index (χ4v) is 2.17. The molecule has 1 aliphatic rings. The summed E-state index contributed by atoms with van der Waals surface area (Å²) >= 11 is 0. The first-order valence-electron chi connectivity index (χ1n) is 6.19. The SMILES string of the molecule is NC(=O)C1(CNc2c(F)c(F)nc(F)c2F)CCOCC1. The molecule has 1 aliphatic heterocycles. The third-order valence-electron chi connectivity index (χ3n) is 3.57. The predicted octanol–water partition coefficient (Wildman–Crippen LogP) is 1.33. The van der Waals surface area contributed by atoms with Crippen LogP contribution in [0.25, 0.3) is 0 Å². The molecule has 1 fully saturated rings. The number of nitrogens with two attached hydrogens (primary N) is 1. The second kappa shape index (κ2) is 5.84. The maximum atomic E-state index is 13.5. The van der Waals surface area contributed by atoms with Gasteiger partial charge in [-0.25, -0.2) is 0 Å². The molecule has 0 aliphatic carbocycles. The summed E-state index contributed by atoms with van der Waals surface area (Å²) in [4.78, 5) is 14.0. The number of carbonyl (C=O) groups excluding carboxylic acids is 1. The Bertz CT molecular complexity index is 536. The fraction of sp³-hybridized carbons (Fsp3) is 0.500. The van der Waals surface area contributed by atoms with Crippen molar-refractivity contribution in [2.45, 2.75) is 12.8 Å². The molecule has 116 valence electrons. The molecule has 0 unspecified atom stereocenters. The Morgan fingerprint density at radius 1 is 1.19 bits per heavy atom. The third-order valence-corrected chi connectivity index (χ3v) is 3.57. The van der Waals surface area contributed by atoms with Crippen molar-refractivity contribution in [1.82, 2.24) is 4.98 Å². The van der Waals surface area contributed by atoms with Gasteiger partial charge < -0.3 is 15.8 Å². The Balaban J connectivity index is 2.24. The molecule has 0 radical (unpaired) electrons. The number of amides is 1. The number of pyridine rings is 1. The number of primary amides is 1. The van der Waals surface area contributed by atoms with E-state index < -0.39 is 40.5 Å². The highest BCUT2D eigenvalue weighted by molar-refractivity contribution is 5.81. The molecule has 3 N–H and O–H groups in total. The molecule has 1 amide bonds. The van der Waals surface area contributed by atoms with E-state index in [0.29, 0.717) is 0 Å².